The highest BCUT2D eigenvalue weighted by Gasteiger charge is 2.22. The summed E-state index contributed by atoms with van der Waals surface area (Å²) in [6.45, 7) is 2.64. The number of anilines is 1. The maximum Gasteiger partial charge on any atom is 0.267 e. The first-order valence-electron chi connectivity index (χ1n) is 9.91. The van der Waals surface area contributed by atoms with Crippen molar-refractivity contribution in [2.24, 2.45) is 5.92 Å². The fourth-order valence-electron chi connectivity index (χ4n) is 4.29. The van der Waals surface area contributed by atoms with E-state index in [2.05, 4.69) is 20.1 Å². The smallest absolute Gasteiger partial charge is 0.267 e. The lowest BCUT2D eigenvalue weighted by molar-refractivity contribution is 0.331. The van der Waals surface area contributed by atoms with Crippen LogP contribution >= 0.6 is 0 Å². The number of rotatable bonds is 3. The van der Waals surface area contributed by atoms with E-state index in [9.17, 15) is 4.79 Å². The zero-order valence-corrected chi connectivity index (χ0v) is 15.4. The fraction of sp³-hybridized carbons (Fsp3) is 0.500. The van der Waals surface area contributed by atoms with Gasteiger partial charge in [-0.05, 0) is 62.1 Å². The minimum atomic E-state index is 0.0605. The molecule has 3 aromatic heterocycles. The van der Waals surface area contributed by atoms with Gasteiger partial charge in [-0.15, -0.1) is 5.10 Å². The highest BCUT2D eigenvalue weighted by atomic mass is 16.1. The van der Waals surface area contributed by atoms with Crippen molar-refractivity contribution in [2.75, 3.05) is 18.0 Å². The van der Waals surface area contributed by atoms with E-state index in [0.717, 1.165) is 62.5 Å². The molecule has 0 amide bonds. The molecule has 27 heavy (non-hydrogen) atoms. The predicted molar refractivity (Wildman–Crippen MR) is 103 cm³/mol. The van der Waals surface area contributed by atoms with Crippen LogP contribution in [0.15, 0.2) is 35.4 Å². The van der Waals surface area contributed by atoms with E-state index >= 15 is 0 Å². The summed E-state index contributed by atoms with van der Waals surface area (Å²) in [6.07, 6.45) is 10.1. The molecule has 1 aliphatic carbocycles. The third-order valence-corrected chi connectivity index (χ3v) is 5.88. The number of aromatic nitrogens is 5. The van der Waals surface area contributed by atoms with Crippen molar-refractivity contribution < 1.29 is 0 Å². The largest absolute Gasteiger partial charge is 0.355 e. The first kappa shape index (κ1) is 16.5. The molecule has 0 radical (unpaired) electrons. The van der Waals surface area contributed by atoms with Gasteiger partial charge in [0.2, 0.25) is 0 Å². The summed E-state index contributed by atoms with van der Waals surface area (Å²) >= 11 is 0. The summed E-state index contributed by atoms with van der Waals surface area (Å²) in [4.78, 5) is 19.0. The number of aryl methyl sites for hydroxylation is 2. The number of nitrogens with zero attached hydrogens (tertiary/aromatic N) is 6. The van der Waals surface area contributed by atoms with Gasteiger partial charge in [-0.1, -0.05) is 0 Å². The lowest BCUT2D eigenvalue weighted by Gasteiger charge is -2.32. The van der Waals surface area contributed by atoms with Crippen LogP contribution in [0, 0.1) is 5.92 Å². The minimum Gasteiger partial charge on any atom is -0.355 e. The van der Waals surface area contributed by atoms with Gasteiger partial charge >= 0.3 is 0 Å². The molecule has 0 unspecified atom stereocenters. The van der Waals surface area contributed by atoms with Crippen molar-refractivity contribution in [1.29, 1.82) is 0 Å². The molecule has 1 saturated heterocycles. The van der Waals surface area contributed by atoms with Crippen LogP contribution in [0.25, 0.3) is 5.65 Å². The maximum absolute atomic E-state index is 12.4. The van der Waals surface area contributed by atoms with E-state index in [4.69, 9.17) is 0 Å². The highest BCUT2D eigenvalue weighted by molar-refractivity contribution is 5.45. The number of fused-ring (bicyclic) bond motifs is 2. The molecule has 7 heteroatoms. The van der Waals surface area contributed by atoms with Crippen molar-refractivity contribution in [1.82, 2.24) is 24.4 Å². The van der Waals surface area contributed by atoms with Gasteiger partial charge in [0.1, 0.15) is 5.82 Å². The Bertz CT molecular complexity index is 1010. The van der Waals surface area contributed by atoms with Crippen molar-refractivity contribution in [3.05, 3.63) is 52.2 Å². The molecule has 0 aromatic carbocycles. The second kappa shape index (κ2) is 6.79. The molecule has 5 rings (SSSR count). The quantitative estimate of drug-likeness (QED) is 0.712. The molecule has 1 aliphatic heterocycles. The summed E-state index contributed by atoms with van der Waals surface area (Å²) in [5, 5.41) is 9.32. The topological polar surface area (TPSA) is 68.3 Å². The van der Waals surface area contributed by atoms with Crippen LogP contribution in [-0.2, 0) is 19.4 Å². The first-order chi connectivity index (χ1) is 13.3. The second-order valence-electron chi connectivity index (χ2n) is 7.70. The molecule has 7 nitrogen and oxygen atoms in total. The Labute approximate surface area is 157 Å². The Hall–Kier alpha value is -2.70. The molecule has 3 aromatic rings. The summed E-state index contributed by atoms with van der Waals surface area (Å²) < 4.78 is 3.53. The molecule has 0 atom stereocenters. The Balaban J connectivity index is 1.26. The average Bonchev–Trinajstić information content (AvgIpc) is 3.17. The molecular weight excluding hydrogens is 340 g/mol. The van der Waals surface area contributed by atoms with E-state index in [-0.39, 0.29) is 5.56 Å². The Kier molecular flexibility index (Phi) is 4.14. The Morgan fingerprint density at radius 2 is 1.93 bits per heavy atom. The van der Waals surface area contributed by atoms with Crippen LogP contribution in [0.4, 0.5) is 5.82 Å². The summed E-state index contributed by atoms with van der Waals surface area (Å²) in [5.41, 5.74) is 3.23. The Morgan fingerprint density at radius 1 is 1.07 bits per heavy atom. The van der Waals surface area contributed by atoms with Gasteiger partial charge in [0.05, 0.1) is 5.69 Å². The summed E-state index contributed by atoms with van der Waals surface area (Å²) in [7, 11) is 0. The van der Waals surface area contributed by atoms with E-state index in [1.807, 2.05) is 28.9 Å². The number of piperidine rings is 1. The Morgan fingerprint density at radius 3 is 2.81 bits per heavy atom. The van der Waals surface area contributed by atoms with Gasteiger partial charge in [-0.25, -0.2) is 14.2 Å². The van der Waals surface area contributed by atoms with Gasteiger partial charge in [0, 0.05) is 38.1 Å². The summed E-state index contributed by atoms with van der Waals surface area (Å²) in [6, 6.07) is 5.87. The molecule has 0 N–H and O–H groups in total. The van der Waals surface area contributed by atoms with E-state index in [1.165, 1.54) is 18.4 Å². The number of hydrogen-bond acceptors (Lipinski definition) is 5. The van der Waals surface area contributed by atoms with Crippen LogP contribution in [0.5, 0.6) is 0 Å². The molecule has 0 saturated carbocycles. The number of hydrogen-bond donors (Lipinski definition) is 0. The lowest BCUT2D eigenvalue weighted by Crippen LogP contribution is -2.37. The van der Waals surface area contributed by atoms with Gasteiger partial charge < -0.3 is 4.90 Å². The lowest BCUT2D eigenvalue weighted by atomic mass is 9.96. The van der Waals surface area contributed by atoms with E-state index in [0.29, 0.717) is 5.92 Å². The van der Waals surface area contributed by atoms with E-state index in [1.54, 1.807) is 10.9 Å². The van der Waals surface area contributed by atoms with Crippen molar-refractivity contribution in [2.45, 2.75) is 45.1 Å². The standard InChI is InChI=1S/C20H24N6O/c27-20-13-16-3-1-2-4-17(16)22-26(20)14-15-7-10-24(11-8-15)19-6-5-18-21-9-12-25(18)23-19/h5-6,9,12-13,15H,1-4,7-8,10-11,14H2. The fourth-order valence-corrected chi connectivity index (χ4v) is 4.29. The van der Waals surface area contributed by atoms with Gasteiger partial charge in [-0.2, -0.15) is 5.10 Å². The van der Waals surface area contributed by atoms with Crippen LogP contribution in [0.1, 0.15) is 36.9 Å². The zero-order chi connectivity index (χ0) is 18.2. The first-order valence-corrected chi connectivity index (χ1v) is 9.91. The zero-order valence-electron chi connectivity index (χ0n) is 15.4. The molecule has 0 spiro atoms. The molecule has 1 fully saturated rings. The molecule has 4 heterocycles. The predicted octanol–water partition coefficient (Wildman–Crippen LogP) is 2.08. The SMILES string of the molecule is O=c1cc2c(nn1CC1CCN(c3ccc4nccn4n3)CC1)CCCC2. The van der Waals surface area contributed by atoms with Gasteiger partial charge in [0.25, 0.3) is 5.56 Å². The number of imidazole rings is 1. The third kappa shape index (κ3) is 3.22. The average molecular weight is 364 g/mol. The van der Waals surface area contributed by atoms with Crippen molar-refractivity contribution in [3.63, 3.8) is 0 Å². The minimum absolute atomic E-state index is 0.0605. The van der Waals surface area contributed by atoms with Crippen molar-refractivity contribution in [3.8, 4) is 0 Å². The highest BCUT2D eigenvalue weighted by Crippen LogP contribution is 2.23. The normalized spacial score (nSPS) is 18.0. The second-order valence-corrected chi connectivity index (χ2v) is 7.70. The van der Waals surface area contributed by atoms with Crippen molar-refractivity contribution >= 4 is 11.5 Å². The van der Waals surface area contributed by atoms with Gasteiger partial charge in [0.15, 0.2) is 5.65 Å². The third-order valence-electron chi connectivity index (χ3n) is 5.88. The van der Waals surface area contributed by atoms with Crippen LogP contribution in [-0.4, -0.2) is 37.5 Å². The van der Waals surface area contributed by atoms with Crippen LogP contribution in [0.2, 0.25) is 0 Å². The monoisotopic (exact) mass is 364 g/mol. The van der Waals surface area contributed by atoms with Gasteiger partial charge in [-0.3, -0.25) is 4.79 Å². The molecule has 2 aliphatic rings. The molecule has 140 valence electrons. The van der Waals surface area contributed by atoms with E-state index < -0.39 is 0 Å². The summed E-state index contributed by atoms with van der Waals surface area (Å²) in [5.74, 6) is 1.48. The van der Waals surface area contributed by atoms with Crippen LogP contribution < -0.4 is 10.5 Å². The maximum atomic E-state index is 12.4. The molecule has 0 bridgehead atoms. The van der Waals surface area contributed by atoms with Crippen LogP contribution in [0.3, 0.4) is 0 Å². The molecular formula is C20H24N6O.